The van der Waals surface area contributed by atoms with E-state index in [1.165, 1.54) is 17.6 Å². The van der Waals surface area contributed by atoms with Crippen LogP contribution in [0.2, 0.25) is 5.02 Å². The number of nitrogens with one attached hydrogen (secondary N) is 1. The first kappa shape index (κ1) is 16.2. The normalized spacial score (nSPS) is 13.1. The summed E-state index contributed by atoms with van der Waals surface area (Å²) in [5.74, 6) is 0.150. The molecule has 114 valence electrons. The smallest absolute Gasteiger partial charge is 0.206 e. The predicted octanol–water partition coefficient (Wildman–Crippen LogP) is 3.09. The summed E-state index contributed by atoms with van der Waals surface area (Å²) in [6.45, 7) is 1.92. The molecule has 0 saturated carbocycles. The molecule has 1 unspecified atom stereocenters. The van der Waals surface area contributed by atoms with Crippen molar-refractivity contribution in [2.24, 2.45) is 0 Å². The van der Waals surface area contributed by atoms with Gasteiger partial charge >= 0.3 is 0 Å². The third-order valence-electron chi connectivity index (χ3n) is 2.82. The monoisotopic (exact) mass is 345 g/mol. The van der Waals surface area contributed by atoms with Gasteiger partial charge < -0.3 is 5.32 Å². The van der Waals surface area contributed by atoms with E-state index in [1.807, 2.05) is 25.1 Å². The molecule has 1 aromatic heterocycles. The third kappa shape index (κ3) is 4.94. The van der Waals surface area contributed by atoms with Crippen LogP contribution in [0.5, 0.6) is 0 Å². The molecule has 2 rings (SSSR count). The molecule has 0 saturated heterocycles. The number of aromatic nitrogens is 2. The van der Waals surface area contributed by atoms with Crippen LogP contribution in [-0.2, 0) is 9.84 Å². The second kappa shape index (κ2) is 6.72. The molecule has 0 amide bonds. The molecule has 21 heavy (non-hydrogen) atoms. The van der Waals surface area contributed by atoms with Crippen LogP contribution >= 0.6 is 22.9 Å². The van der Waals surface area contributed by atoms with Gasteiger partial charge in [-0.25, -0.2) is 8.42 Å². The minimum absolute atomic E-state index is 0.00627. The van der Waals surface area contributed by atoms with Crippen LogP contribution < -0.4 is 5.32 Å². The highest BCUT2D eigenvalue weighted by Gasteiger charge is 2.12. The van der Waals surface area contributed by atoms with Gasteiger partial charge in [0.05, 0.1) is 10.8 Å². The fraction of sp³-hybridized carbons (Fsp3) is 0.385. The van der Waals surface area contributed by atoms with Gasteiger partial charge in [-0.3, -0.25) is 0 Å². The minimum Gasteiger partial charge on any atom is -0.358 e. The summed E-state index contributed by atoms with van der Waals surface area (Å²) in [4.78, 5) is 0. The molecule has 1 aromatic carbocycles. The lowest BCUT2D eigenvalue weighted by molar-refractivity contribution is 0.595. The first-order chi connectivity index (χ1) is 9.85. The Kier molecular flexibility index (Phi) is 5.18. The van der Waals surface area contributed by atoms with E-state index in [-0.39, 0.29) is 11.8 Å². The maximum Gasteiger partial charge on any atom is 0.206 e. The van der Waals surface area contributed by atoms with Gasteiger partial charge in [0.25, 0.3) is 0 Å². The number of nitrogens with zero attached hydrogens (tertiary/aromatic N) is 2. The van der Waals surface area contributed by atoms with Crippen LogP contribution in [0.1, 0.15) is 13.3 Å². The predicted molar refractivity (Wildman–Crippen MR) is 87.8 cm³/mol. The van der Waals surface area contributed by atoms with Crippen LogP contribution in [0.25, 0.3) is 10.6 Å². The average molecular weight is 346 g/mol. The van der Waals surface area contributed by atoms with E-state index in [9.17, 15) is 8.42 Å². The van der Waals surface area contributed by atoms with Gasteiger partial charge in [0.2, 0.25) is 5.13 Å². The van der Waals surface area contributed by atoms with Gasteiger partial charge in [0.15, 0.2) is 5.01 Å². The molecule has 0 fully saturated rings. The highest BCUT2D eigenvalue weighted by Crippen LogP contribution is 2.31. The lowest BCUT2D eigenvalue weighted by atomic mass is 10.2. The zero-order valence-electron chi connectivity index (χ0n) is 11.7. The van der Waals surface area contributed by atoms with Crippen molar-refractivity contribution in [3.63, 3.8) is 0 Å². The number of rotatable bonds is 6. The van der Waals surface area contributed by atoms with E-state index in [1.54, 1.807) is 6.07 Å². The fourth-order valence-corrected chi connectivity index (χ4v) is 3.66. The van der Waals surface area contributed by atoms with E-state index in [0.29, 0.717) is 16.6 Å². The van der Waals surface area contributed by atoms with Crippen LogP contribution in [0.3, 0.4) is 0 Å². The Morgan fingerprint density at radius 1 is 1.33 bits per heavy atom. The quantitative estimate of drug-likeness (QED) is 0.871. The molecule has 0 aliphatic carbocycles. The number of benzene rings is 1. The largest absolute Gasteiger partial charge is 0.358 e. The van der Waals surface area contributed by atoms with Crippen molar-refractivity contribution in [3.8, 4) is 10.6 Å². The Hall–Kier alpha value is -1.18. The number of halogens is 1. The second-order valence-electron chi connectivity index (χ2n) is 4.86. The number of anilines is 1. The first-order valence-electron chi connectivity index (χ1n) is 6.38. The van der Waals surface area contributed by atoms with Crippen molar-refractivity contribution >= 4 is 37.9 Å². The van der Waals surface area contributed by atoms with Crippen LogP contribution in [0.4, 0.5) is 5.13 Å². The summed E-state index contributed by atoms with van der Waals surface area (Å²) in [7, 11) is -2.94. The zero-order chi connectivity index (χ0) is 15.5. The van der Waals surface area contributed by atoms with Gasteiger partial charge in [0.1, 0.15) is 9.84 Å². The molecule has 2 aromatic rings. The molecule has 5 nitrogen and oxygen atoms in total. The summed E-state index contributed by atoms with van der Waals surface area (Å²) in [6, 6.07) is 7.45. The van der Waals surface area contributed by atoms with Crippen LogP contribution in [0, 0.1) is 0 Å². The number of hydrogen-bond acceptors (Lipinski definition) is 6. The van der Waals surface area contributed by atoms with E-state index in [0.717, 1.165) is 10.6 Å². The molecule has 0 aliphatic rings. The van der Waals surface area contributed by atoms with Gasteiger partial charge in [0, 0.05) is 17.9 Å². The molecule has 0 bridgehead atoms. The fourth-order valence-electron chi connectivity index (χ4n) is 1.70. The Labute approximate surface area is 133 Å². The van der Waals surface area contributed by atoms with Crippen LogP contribution in [-0.4, -0.2) is 36.7 Å². The van der Waals surface area contributed by atoms with Crippen molar-refractivity contribution in [1.29, 1.82) is 0 Å². The number of sulfone groups is 1. The molecule has 1 heterocycles. The standard InChI is InChI=1S/C13H16ClN3O2S2/c1-9(7-8-21(2,18)19)15-13-17-16-12(20-13)10-5-3-4-6-11(10)14/h3-6,9H,7-8H2,1-2H3,(H,15,17). The maximum absolute atomic E-state index is 11.1. The first-order valence-corrected chi connectivity index (χ1v) is 9.63. The SMILES string of the molecule is CC(CCS(C)(=O)=O)Nc1nnc(-c2ccccc2Cl)s1. The third-order valence-corrected chi connectivity index (χ3v) is 5.02. The molecule has 0 spiro atoms. The Balaban J connectivity index is 2.02. The Bertz CT molecular complexity index is 716. The summed E-state index contributed by atoms with van der Waals surface area (Å²) in [6.07, 6.45) is 1.76. The lowest BCUT2D eigenvalue weighted by Gasteiger charge is -2.11. The molecule has 0 radical (unpaired) electrons. The molecular formula is C13H16ClN3O2S2. The van der Waals surface area contributed by atoms with Gasteiger partial charge in [-0.05, 0) is 19.4 Å². The summed E-state index contributed by atoms with van der Waals surface area (Å²) in [5, 5.41) is 13.4. The van der Waals surface area contributed by atoms with Crippen molar-refractivity contribution in [2.75, 3.05) is 17.3 Å². The topological polar surface area (TPSA) is 72.0 Å². The van der Waals surface area contributed by atoms with Crippen LogP contribution in [0.15, 0.2) is 24.3 Å². The summed E-state index contributed by atoms with van der Waals surface area (Å²) >= 11 is 7.52. The maximum atomic E-state index is 11.1. The van der Waals surface area contributed by atoms with Crippen molar-refractivity contribution in [3.05, 3.63) is 29.3 Å². The molecule has 0 aliphatic heterocycles. The number of hydrogen-bond donors (Lipinski definition) is 1. The molecular weight excluding hydrogens is 330 g/mol. The minimum atomic E-state index is -2.94. The lowest BCUT2D eigenvalue weighted by Crippen LogP contribution is -2.19. The average Bonchev–Trinajstić information content (AvgIpc) is 2.84. The van der Waals surface area contributed by atoms with E-state index >= 15 is 0 Å². The van der Waals surface area contributed by atoms with Crippen molar-refractivity contribution in [1.82, 2.24) is 10.2 Å². The molecule has 1 atom stereocenters. The van der Waals surface area contributed by atoms with Crippen molar-refractivity contribution in [2.45, 2.75) is 19.4 Å². The zero-order valence-corrected chi connectivity index (χ0v) is 14.1. The Morgan fingerprint density at radius 2 is 2.05 bits per heavy atom. The van der Waals surface area contributed by atoms with E-state index < -0.39 is 9.84 Å². The van der Waals surface area contributed by atoms with E-state index in [2.05, 4.69) is 15.5 Å². The summed E-state index contributed by atoms with van der Waals surface area (Å²) < 4.78 is 22.3. The van der Waals surface area contributed by atoms with Crippen molar-refractivity contribution < 1.29 is 8.42 Å². The van der Waals surface area contributed by atoms with Gasteiger partial charge in [-0.2, -0.15) is 0 Å². The molecule has 8 heteroatoms. The highest BCUT2D eigenvalue weighted by molar-refractivity contribution is 7.90. The highest BCUT2D eigenvalue weighted by atomic mass is 35.5. The van der Waals surface area contributed by atoms with Gasteiger partial charge in [-0.15, -0.1) is 10.2 Å². The summed E-state index contributed by atoms with van der Waals surface area (Å²) in [5.41, 5.74) is 0.841. The van der Waals surface area contributed by atoms with Gasteiger partial charge in [-0.1, -0.05) is 41.1 Å². The van der Waals surface area contributed by atoms with E-state index in [4.69, 9.17) is 11.6 Å². The molecule has 1 N–H and O–H groups in total. The second-order valence-corrected chi connectivity index (χ2v) is 8.50. The Morgan fingerprint density at radius 3 is 2.71 bits per heavy atom.